The number of aliphatic hydroxyl groups excluding tert-OH is 2. The van der Waals surface area contributed by atoms with Crippen LogP contribution in [0, 0.1) is 11.8 Å². The van der Waals surface area contributed by atoms with Crippen LogP contribution in [0.2, 0.25) is 0 Å². The van der Waals surface area contributed by atoms with Crippen LogP contribution in [-0.2, 0) is 9.59 Å². The van der Waals surface area contributed by atoms with Crippen LogP contribution in [0.25, 0.3) is 0 Å². The minimum absolute atomic E-state index is 0.0482. The first-order valence-corrected chi connectivity index (χ1v) is 7.00. The lowest BCUT2D eigenvalue weighted by molar-refractivity contribution is -0.123. The monoisotopic (exact) mass is 276 g/mol. The van der Waals surface area contributed by atoms with E-state index < -0.39 is 12.0 Å². The molecule has 0 fully saturated rings. The second-order valence-corrected chi connectivity index (χ2v) is 5.81. The minimum atomic E-state index is -1.04. The van der Waals surface area contributed by atoms with Crippen molar-refractivity contribution in [2.75, 3.05) is 0 Å². The number of aliphatic hydroxyl groups is 2. The largest absolute Gasteiger partial charge is 0.507 e. The molecule has 2 aliphatic carbocycles. The van der Waals surface area contributed by atoms with Crippen molar-refractivity contribution in [3.05, 3.63) is 35.1 Å². The van der Waals surface area contributed by atoms with Gasteiger partial charge in [-0.1, -0.05) is 26.3 Å². The topological polar surface area (TPSA) is 74.6 Å². The van der Waals surface area contributed by atoms with Crippen LogP contribution in [0.5, 0.6) is 0 Å². The molecule has 108 valence electrons. The number of carbonyl (C=O) groups is 2. The third kappa shape index (κ3) is 2.75. The highest BCUT2D eigenvalue weighted by atomic mass is 16.3. The number of carbonyl (C=O) groups excluding carboxylic acids is 2. The molecule has 0 amide bonds. The Labute approximate surface area is 118 Å². The predicted molar refractivity (Wildman–Crippen MR) is 75.1 cm³/mol. The average Bonchev–Trinajstić information content (AvgIpc) is 2.37. The van der Waals surface area contributed by atoms with E-state index in [2.05, 4.69) is 13.8 Å². The molecular weight excluding hydrogens is 256 g/mol. The zero-order chi connectivity index (χ0) is 14.9. The molecule has 0 saturated carbocycles. The summed E-state index contributed by atoms with van der Waals surface area (Å²) in [6, 6.07) is 0. The lowest BCUT2D eigenvalue weighted by Gasteiger charge is -2.28. The molecule has 0 aliphatic heterocycles. The van der Waals surface area contributed by atoms with Crippen molar-refractivity contribution >= 4 is 11.6 Å². The molecule has 2 atom stereocenters. The number of hydrogen-bond acceptors (Lipinski definition) is 4. The first kappa shape index (κ1) is 14.7. The van der Waals surface area contributed by atoms with Crippen LogP contribution >= 0.6 is 0 Å². The molecule has 0 heterocycles. The van der Waals surface area contributed by atoms with Gasteiger partial charge in [-0.05, 0) is 36.5 Å². The van der Waals surface area contributed by atoms with Crippen LogP contribution in [0.3, 0.4) is 0 Å². The molecule has 0 aromatic carbocycles. The highest BCUT2D eigenvalue weighted by Gasteiger charge is 2.39. The van der Waals surface area contributed by atoms with Crippen molar-refractivity contribution in [1.82, 2.24) is 0 Å². The van der Waals surface area contributed by atoms with E-state index in [1.807, 2.05) is 0 Å². The summed E-state index contributed by atoms with van der Waals surface area (Å²) in [5.41, 5.74) is 0.560. The summed E-state index contributed by atoms with van der Waals surface area (Å²) < 4.78 is 0. The maximum atomic E-state index is 12.1. The van der Waals surface area contributed by atoms with Gasteiger partial charge in [0.25, 0.3) is 0 Å². The Hall–Kier alpha value is -1.68. The van der Waals surface area contributed by atoms with Crippen LogP contribution in [-0.4, -0.2) is 27.9 Å². The van der Waals surface area contributed by atoms with E-state index in [1.165, 1.54) is 18.2 Å². The maximum Gasteiger partial charge on any atom is 0.186 e. The molecular formula is C16H20O4. The van der Waals surface area contributed by atoms with Gasteiger partial charge < -0.3 is 10.2 Å². The zero-order valence-corrected chi connectivity index (χ0v) is 11.8. The third-order valence-corrected chi connectivity index (χ3v) is 3.77. The molecule has 0 spiro atoms. The van der Waals surface area contributed by atoms with Gasteiger partial charge in [0, 0.05) is 0 Å². The van der Waals surface area contributed by atoms with E-state index in [0.29, 0.717) is 17.9 Å². The van der Waals surface area contributed by atoms with Crippen molar-refractivity contribution in [2.45, 2.75) is 39.2 Å². The molecule has 2 rings (SSSR count). The van der Waals surface area contributed by atoms with Crippen molar-refractivity contribution in [3.63, 3.8) is 0 Å². The summed E-state index contributed by atoms with van der Waals surface area (Å²) in [7, 11) is 0. The van der Waals surface area contributed by atoms with Crippen LogP contribution in [0.1, 0.15) is 33.1 Å². The Bertz CT molecular complexity index is 523. The van der Waals surface area contributed by atoms with Crippen LogP contribution in [0.15, 0.2) is 35.1 Å². The second-order valence-electron chi connectivity index (χ2n) is 5.81. The SMILES string of the molecule is CC(C)CCCC1=CC(=O)C2C(=C1O)C(=O)C=CC2O. The van der Waals surface area contributed by atoms with E-state index in [-0.39, 0.29) is 22.9 Å². The van der Waals surface area contributed by atoms with E-state index in [9.17, 15) is 19.8 Å². The Kier molecular flexibility index (Phi) is 4.23. The Balaban J connectivity index is 2.25. The molecule has 2 aliphatic rings. The smallest absolute Gasteiger partial charge is 0.186 e. The third-order valence-electron chi connectivity index (χ3n) is 3.77. The first-order valence-electron chi connectivity index (χ1n) is 7.00. The molecule has 0 saturated heterocycles. The molecule has 0 aromatic heterocycles. The van der Waals surface area contributed by atoms with Gasteiger partial charge in [-0.3, -0.25) is 9.59 Å². The molecule has 2 unspecified atom stereocenters. The van der Waals surface area contributed by atoms with Gasteiger partial charge in [0.2, 0.25) is 0 Å². The number of allylic oxidation sites excluding steroid dienone is 3. The highest BCUT2D eigenvalue weighted by molar-refractivity contribution is 6.14. The standard InChI is InChI=1S/C16H20O4/c1-9(2)4-3-5-10-8-13(19)14-11(17)6-7-12(18)15(14)16(10)20/h6-9,11,14,17,20H,3-5H2,1-2H3. The van der Waals surface area contributed by atoms with Gasteiger partial charge >= 0.3 is 0 Å². The Morgan fingerprint density at radius 1 is 1.30 bits per heavy atom. The normalized spacial score (nSPS) is 26.1. The fourth-order valence-corrected chi connectivity index (χ4v) is 2.68. The molecule has 2 N–H and O–H groups in total. The number of ketones is 2. The molecule has 20 heavy (non-hydrogen) atoms. The molecule has 0 radical (unpaired) electrons. The number of fused-ring (bicyclic) bond motifs is 1. The van der Waals surface area contributed by atoms with E-state index in [1.54, 1.807) is 0 Å². The van der Waals surface area contributed by atoms with Gasteiger partial charge in [0.05, 0.1) is 17.6 Å². The Morgan fingerprint density at radius 3 is 2.65 bits per heavy atom. The van der Waals surface area contributed by atoms with Crippen molar-refractivity contribution < 1.29 is 19.8 Å². The Morgan fingerprint density at radius 2 is 2.00 bits per heavy atom. The molecule has 4 nitrogen and oxygen atoms in total. The van der Waals surface area contributed by atoms with E-state index >= 15 is 0 Å². The number of hydrogen-bond donors (Lipinski definition) is 2. The predicted octanol–water partition coefficient (Wildman–Crippen LogP) is 2.25. The lowest BCUT2D eigenvalue weighted by atomic mass is 9.76. The summed E-state index contributed by atoms with van der Waals surface area (Å²) in [4.78, 5) is 23.9. The molecule has 4 heteroatoms. The fourth-order valence-electron chi connectivity index (χ4n) is 2.68. The lowest BCUT2D eigenvalue weighted by Crippen LogP contribution is -2.36. The number of rotatable bonds is 4. The van der Waals surface area contributed by atoms with Crippen molar-refractivity contribution in [2.24, 2.45) is 11.8 Å². The fraction of sp³-hybridized carbons (Fsp3) is 0.500. The van der Waals surface area contributed by atoms with Crippen LogP contribution < -0.4 is 0 Å². The summed E-state index contributed by atoms with van der Waals surface area (Å²) in [5, 5.41) is 20.0. The van der Waals surface area contributed by atoms with Gasteiger partial charge in [0.15, 0.2) is 11.6 Å². The van der Waals surface area contributed by atoms with Crippen LogP contribution in [0.4, 0.5) is 0 Å². The maximum absolute atomic E-state index is 12.1. The van der Waals surface area contributed by atoms with Gasteiger partial charge in [-0.15, -0.1) is 0 Å². The van der Waals surface area contributed by atoms with Crippen molar-refractivity contribution in [1.29, 1.82) is 0 Å². The minimum Gasteiger partial charge on any atom is -0.507 e. The van der Waals surface area contributed by atoms with Gasteiger partial charge in [-0.2, -0.15) is 0 Å². The molecule has 0 aromatic rings. The zero-order valence-electron chi connectivity index (χ0n) is 11.8. The van der Waals surface area contributed by atoms with E-state index in [4.69, 9.17) is 0 Å². The summed E-state index contributed by atoms with van der Waals surface area (Å²) in [6.07, 6.45) is 5.28. The summed E-state index contributed by atoms with van der Waals surface area (Å²) in [6.45, 7) is 4.22. The van der Waals surface area contributed by atoms with Gasteiger partial charge in [0.1, 0.15) is 5.76 Å². The van der Waals surface area contributed by atoms with Crippen molar-refractivity contribution in [3.8, 4) is 0 Å². The summed E-state index contributed by atoms with van der Waals surface area (Å²) in [5.74, 6) is -1.20. The molecule has 0 bridgehead atoms. The first-order chi connectivity index (χ1) is 9.41. The quantitative estimate of drug-likeness (QED) is 0.826. The van der Waals surface area contributed by atoms with E-state index in [0.717, 1.165) is 12.8 Å². The summed E-state index contributed by atoms with van der Waals surface area (Å²) >= 11 is 0. The highest BCUT2D eigenvalue weighted by Crippen LogP contribution is 2.34. The second kappa shape index (κ2) is 5.75. The average molecular weight is 276 g/mol. The van der Waals surface area contributed by atoms with Gasteiger partial charge in [-0.25, -0.2) is 0 Å².